The van der Waals surface area contributed by atoms with Crippen LogP contribution < -0.4 is 5.32 Å². The van der Waals surface area contributed by atoms with Gasteiger partial charge in [0.05, 0.1) is 10.6 Å². The van der Waals surface area contributed by atoms with E-state index >= 15 is 0 Å². The molecule has 0 saturated heterocycles. The summed E-state index contributed by atoms with van der Waals surface area (Å²) >= 11 is 0. The average Bonchev–Trinajstić information content (AvgIpc) is 2.63. The molecule has 0 unspecified atom stereocenters. The molecule has 0 aliphatic rings. The normalized spacial score (nSPS) is 11.2. The fourth-order valence-corrected chi connectivity index (χ4v) is 3.52. The summed E-state index contributed by atoms with van der Waals surface area (Å²) in [6.07, 6.45) is 2.87. The van der Waals surface area contributed by atoms with Crippen molar-refractivity contribution in [3.63, 3.8) is 0 Å². The van der Waals surface area contributed by atoms with E-state index in [1.165, 1.54) is 18.2 Å². The van der Waals surface area contributed by atoms with Crippen molar-refractivity contribution < 1.29 is 13.2 Å². The molecule has 0 aliphatic carbocycles. The summed E-state index contributed by atoms with van der Waals surface area (Å²) in [7, 11) is -3.31. The van der Waals surface area contributed by atoms with Crippen molar-refractivity contribution in [1.82, 2.24) is 4.98 Å². The van der Waals surface area contributed by atoms with Crippen LogP contribution in [0.5, 0.6) is 0 Å². The molecule has 0 bridgehead atoms. The van der Waals surface area contributed by atoms with Crippen molar-refractivity contribution in [2.24, 2.45) is 0 Å². The number of hydrogen-bond acceptors (Lipinski definition) is 4. The molecule has 0 atom stereocenters. The second-order valence-electron chi connectivity index (χ2n) is 6.45. The van der Waals surface area contributed by atoms with Gasteiger partial charge in [-0.2, -0.15) is 0 Å². The van der Waals surface area contributed by atoms with E-state index in [4.69, 9.17) is 0 Å². The second kappa shape index (κ2) is 7.32. The van der Waals surface area contributed by atoms with E-state index in [1.54, 1.807) is 13.1 Å². The van der Waals surface area contributed by atoms with Crippen molar-refractivity contribution in [2.75, 3.05) is 11.6 Å². The Bertz CT molecular complexity index is 1110. The van der Waals surface area contributed by atoms with Gasteiger partial charge in [-0.05, 0) is 67.4 Å². The summed E-state index contributed by atoms with van der Waals surface area (Å²) in [5.74, 6) is -0.289. The van der Waals surface area contributed by atoms with Crippen LogP contribution >= 0.6 is 0 Å². The molecule has 2 aromatic carbocycles. The maximum absolute atomic E-state index is 12.7. The second-order valence-corrected chi connectivity index (χ2v) is 8.46. The summed E-state index contributed by atoms with van der Waals surface area (Å²) in [5, 5.41) is 2.88. The van der Waals surface area contributed by atoms with E-state index in [1.807, 2.05) is 43.3 Å². The van der Waals surface area contributed by atoms with E-state index in [-0.39, 0.29) is 10.8 Å². The summed E-state index contributed by atoms with van der Waals surface area (Å²) < 4.78 is 23.3. The van der Waals surface area contributed by atoms with Crippen LogP contribution in [0.2, 0.25) is 0 Å². The lowest BCUT2D eigenvalue weighted by atomic mass is 10.0. The van der Waals surface area contributed by atoms with Crippen LogP contribution in [0, 0.1) is 13.8 Å². The standard InChI is InChI=1S/C21H20N2O3S/c1-14-7-8-16(13-19(14)20-6-4-5-11-22-20)23-21(24)18-10-9-17(12-15(18)2)27(3,25)26/h4-13H,1-3H3,(H,23,24). The van der Waals surface area contributed by atoms with Gasteiger partial charge >= 0.3 is 0 Å². The monoisotopic (exact) mass is 380 g/mol. The number of sulfone groups is 1. The molecular formula is C21H20N2O3S. The summed E-state index contributed by atoms with van der Waals surface area (Å²) in [6, 6.07) is 15.8. The number of anilines is 1. The first-order valence-corrected chi connectivity index (χ1v) is 10.3. The Hall–Kier alpha value is -2.99. The number of hydrogen-bond donors (Lipinski definition) is 1. The third-order valence-electron chi connectivity index (χ3n) is 4.31. The Balaban J connectivity index is 1.89. The topological polar surface area (TPSA) is 76.1 Å². The molecule has 0 saturated carbocycles. The highest BCUT2D eigenvalue weighted by atomic mass is 32.2. The molecule has 0 spiro atoms. The van der Waals surface area contributed by atoms with E-state index in [0.717, 1.165) is 23.1 Å². The first-order chi connectivity index (χ1) is 12.8. The lowest BCUT2D eigenvalue weighted by molar-refractivity contribution is 0.102. The van der Waals surface area contributed by atoms with Crippen LogP contribution in [-0.4, -0.2) is 25.6 Å². The van der Waals surface area contributed by atoms with Gasteiger partial charge in [-0.15, -0.1) is 0 Å². The smallest absolute Gasteiger partial charge is 0.255 e. The first kappa shape index (κ1) is 18.8. The average molecular weight is 380 g/mol. The predicted octanol–water partition coefficient (Wildman–Crippen LogP) is 4.02. The fourth-order valence-electron chi connectivity index (χ4n) is 2.82. The van der Waals surface area contributed by atoms with Gasteiger partial charge in [0.2, 0.25) is 0 Å². The molecule has 6 heteroatoms. The fraction of sp³-hybridized carbons (Fsp3) is 0.143. The number of nitrogens with zero attached hydrogens (tertiary/aromatic N) is 1. The van der Waals surface area contributed by atoms with Crippen LogP contribution in [0.4, 0.5) is 5.69 Å². The maximum atomic E-state index is 12.7. The number of carbonyl (C=O) groups excluding carboxylic acids is 1. The quantitative estimate of drug-likeness (QED) is 0.742. The minimum absolute atomic E-state index is 0.198. The summed E-state index contributed by atoms with van der Waals surface area (Å²) in [5.41, 5.74) is 4.52. The summed E-state index contributed by atoms with van der Waals surface area (Å²) in [4.78, 5) is 17.2. The zero-order valence-electron chi connectivity index (χ0n) is 15.4. The van der Waals surface area contributed by atoms with Crippen molar-refractivity contribution in [3.05, 3.63) is 77.5 Å². The van der Waals surface area contributed by atoms with Crippen LogP contribution in [0.3, 0.4) is 0 Å². The molecule has 3 aromatic rings. The molecule has 0 aliphatic heterocycles. The van der Waals surface area contributed by atoms with E-state index < -0.39 is 9.84 Å². The highest BCUT2D eigenvalue weighted by Gasteiger charge is 2.14. The van der Waals surface area contributed by atoms with Crippen LogP contribution in [0.25, 0.3) is 11.3 Å². The van der Waals surface area contributed by atoms with E-state index in [0.29, 0.717) is 16.8 Å². The molecule has 5 nitrogen and oxygen atoms in total. The Morgan fingerprint density at radius 2 is 1.74 bits per heavy atom. The number of benzene rings is 2. The number of aromatic nitrogens is 1. The van der Waals surface area contributed by atoms with Crippen molar-refractivity contribution >= 4 is 21.4 Å². The molecule has 1 N–H and O–H groups in total. The molecule has 1 heterocycles. The SMILES string of the molecule is Cc1cc(S(C)(=O)=O)ccc1C(=O)Nc1ccc(C)c(-c2ccccn2)c1. The minimum Gasteiger partial charge on any atom is -0.322 e. The first-order valence-electron chi connectivity index (χ1n) is 8.40. The Kier molecular flexibility index (Phi) is 5.10. The Morgan fingerprint density at radius 3 is 2.37 bits per heavy atom. The van der Waals surface area contributed by atoms with Gasteiger partial charge in [0.25, 0.3) is 5.91 Å². The predicted molar refractivity (Wildman–Crippen MR) is 107 cm³/mol. The zero-order valence-corrected chi connectivity index (χ0v) is 16.2. The van der Waals surface area contributed by atoms with Crippen molar-refractivity contribution in [1.29, 1.82) is 0 Å². The van der Waals surface area contributed by atoms with Gasteiger partial charge in [0, 0.05) is 29.3 Å². The van der Waals surface area contributed by atoms with Crippen molar-refractivity contribution in [3.8, 4) is 11.3 Å². The molecule has 27 heavy (non-hydrogen) atoms. The van der Waals surface area contributed by atoms with Gasteiger partial charge in [-0.25, -0.2) is 8.42 Å². The Labute approximate surface area is 159 Å². The highest BCUT2D eigenvalue weighted by molar-refractivity contribution is 7.90. The molecular weight excluding hydrogens is 360 g/mol. The molecule has 1 amide bonds. The Morgan fingerprint density at radius 1 is 0.963 bits per heavy atom. The number of aryl methyl sites for hydroxylation is 2. The third-order valence-corrected chi connectivity index (χ3v) is 5.42. The number of amides is 1. The lowest BCUT2D eigenvalue weighted by Gasteiger charge is -2.12. The number of nitrogens with one attached hydrogen (secondary N) is 1. The van der Waals surface area contributed by atoms with Crippen molar-refractivity contribution in [2.45, 2.75) is 18.7 Å². The van der Waals surface area contributed by atoms with E-state index in [2.05, 4.69) is 10.3 Å². The van der Waals surface area contributed by atoms with E-state index in [9.17, 15) is 13.2 Å². The van der Waals surface area contributed by atoms with Gasteiger partial charge in [0.15, 0.2) is 9.84 Å². The number of pyridine rings is 1. The molecule has 138 valence electrons. The molecule has 0 fully saturated rings. The van der Waals surface area contributed by atoms with Gasteiger partial charge in [-0.3, -0.25) is 9.78 Å². The molecule has 3 rings (SSSR count). The maximum Gasteiger partial charge on any atom is 0.255 e. The minimum atomic E-state index is -3.31. The largest absolute Gasteiger partial charge is 0.322 e. The molecule has 1 aromatic heterocycles. The zero-order chi connectivity index (χ0) is 19.6. The molecule has 0 radical (unpaired) electrons. The van der Waals surface area contributed by atoms with Crippen LogP contribution in [-0.2, 0) is 9.84 Å². The number of carbonyl (C=O) groups is 1. The lowest BCUT2D eigenvalue weighted by Crippen LogP contribution is -2.14. The third kappa shape index (κ3) is 4.23. The number of rotatable bonds is 4. The van der Waals surface area contributed by atoms with Gasteiger partial charge in [0.1, 0.15) is 0 Å². The summed E-state index contributed by atoms with van der Waals surface area (Å²) in [6.45, 7) is 3.71. The van der Waals surface area contributed by atoms with Crippen LogP contribution in [0.15, 0.2) is 65.7 Å². The van der Waals surface area contributed by atoms with Crippen LogP contribution in [0.1, 0.15) is 21.5 Å². The highest BCUT2D eigenvalue weighted by Crippen LogP contribution is 2.25. The van der Waals surface area contributed by atoms with Gasteiger partial charge < -0.3 is 5.32 Å². The van der Waals surface area contributed by atoms with Gasteiger partial charge in [-0.1, -0.05) is 12.1 Å².